The van der Waals surface area contributed by atoms with Gasteiger partial charge in [0.15, 0.2) is 0 Å². The van der Waals surface area contributed by atoms with Crippen LogP contribution in [0.3, 0.4) is 0 Å². The Morgan fingerprint density at radius 3 is 2.38 bits per heavy atom. The third-order valence-corrected chi connectivity index (χ3v) is 5.21. The van der Waals surface area contributed by atoms with Gasteiger partial charge in [-0.05, 0) is 63.2 Å². The highest BCUT2D eigenvalue weighted by atomic mass is 16.5. The molecule has 0 spiro atoms. The van der Waals surface area contributed by atoms with Gasteiger partial charge in [-0.15, -0.1) is 0 Å². The van der Waals surface area contributed by atoms with Gasteiger partial charge in [0.2, 0.25) is 0 Å². The molecule has 2 aliphatic carbocycles. The van der Waals surface area contributed by atoms with Crippen LogP contribution < -0.4 is 5.32 Å². The molecular weight excluding hydrogens is 262 g/mol. The van der Waals surface area contributed by atoms with Crippen molar-refractivity contribution in [2.75, 3.05) is 6.61 Å². The molecule has 0 bridgehead atoms. The highest BCUT2D eigenvalue weighted by Crippen LogP contribution is 2.39. The Kier molecular flexibility index (Phi) is 5.70. The lowest BCUT2D eigenvalue weighted by atomic mass is 9.70. The zero-order valence-corrected chi connectivity index (χ0v) is 14.3. The van der Waals surface area contributed by atoms with Gasteiger partial charge in [0, 0.05) is 12.1 Å². The Hall–Kier alpha value is -0.570. The van der Waals surface area contributed by atoms with Crippen LogP contribution in [0, 0.1) is 17.3 Å². The van der Waals surface area contributed by atoms with Crippen molar-refractivity contribution in [2.45, 2.75) is 84.7 Å². The van der Waals surface area contributed by atoms with Crippen molar-refractivity contribution in [1.29, 1.82) is 0 Å². The van der Waals surface area contributed by atoms with Crippen molar-refractivity contribution in [3.05, 3.63) is 0 Å². The summed E-state index contributed by atoms with van der Waals surface area (Å²) in [5, 5.41) is 3.88. The smallest absolute Gasteiger partial charge is 0.308 e. The number of hydrogen-bond donors (Lipinski definition) is 1. The van der Waals surface area contributed by atoms with Crippen LogP contribution in [0.1, 0.15) is 72.6 Å². The van der Waals surface area contributed by atoms with E-state index in [-0.39, 0.29) is 11.9 Å². The summed E-state index contributed by atoms with van der Waals surface area (Å²) in [6.07, 6.45) is 8.16. The largest absolute Gasteiger partial charge is 0.466 e. The summed E-state index contributed by atoms with van der Waals surface area (Å²) >= 11 is 0. The molecule has 3 nitrogen and oxygen atoms in total. The highest BCUT2D eigenvalue weighted by molar-refractivity contribution is 5.72. The fourth-order valence-electron chi connectivity index (χ4n) is 4.56. The molecule has 0 heterocycles. The van der Waals surface area contributed by atoms with Gasteiger partial charge in [0.1, 0.15) is 0 Å². The van der Waals surface area contributed by atoms with Gasteiger partial charge < -0.3 is 10.1 Å². The molecule has 3 heteroatoms. The minimum Gasteiger partial charge on any atom is -0.466 e. The third kappa shape index (κ3) is 4.98. The molecule has 2 atom stereocenters. The predicted molar refractivity (Wildman–Crippen MR) is 86.1 cm³/mol. The predicted octanol–water partition coefficient (Wildman–Crippen LogP) is 3.91. The Balaban J connectivity index is 1.77. The van der Waals surface area contributed by atoms with Crippen LogP contribution in [0.15, 0.2) is 0 Å². The lowest BCUT2D eigenvalue weighted by molar-refractivity contribution is -0.149. The summed E-state index contributed by atoms with van der Waals surface area (Å²) in [6.45, 7) is 9.57. The molecule has 2 rings (SSSR count). The SMILES string of the molecule is CCOC(=O)C1CCC(NC2CC(C)CC(C)(C)C2)CC1. The van der Waals surface area contributed by atoms with E-state index in [2.05, 4.69) is 26.1 Å². The van der Waals surface area contributed by atoms with Crippen molar-refractivity contribution in [3.63, 3.8) is 0 Å². The molecule has 21 heavy (non-hydrogen) atoms. The summed E-state index contributed by atoms with van der Waals surface area (Å²) in [7, 11) is 0. The van der Waals surface area contributed by atoms with Crippen LogP contribution in [0.2, 0.25) is 0 Å². The Bertz CT molecular complexity index is 345. The first-order valence-corrected chi connectivity index (χ1v) is 8.82. The number of carbonyl (C=O) groups is 1. The van der Waals surface area contributed by atoms with Gasteiger partial charge in [-0.2, -0.15) is 0 Å². The standard InChI is InChI=1S/C18H33NO2/c1-5-21-17(20)14-6-8-15(9-7-14)19-16-10-13(2)11-18(3,4)12-16/h13-16,19H,5-12H2,1-4H3. The first kappa shape index (κ1) is 16.8. The number of rotatable bonds is 4. The zero-order valence-electron chi connectivity index (χ0n) is 14.3. The molecule has 0 saturated heterocycles. The maximum absolute atomic E-state index is 11.8. The summed E-state index contributed by atoms with van der Waals surface area (Å²) in [4.78, 5) is 11.8. The van der Waals surface area contributed by atoms with E-state index in [1.807, 2.05) is 6.92 Å². The van der Waals surface area contributed by atoms with Gasteiger partial charge in [-0.3, -0.25) is 4.79 Å². The third-order valence-electron chi connectivity index (χ3n) is 5.21. The van der Waals surface area contributed by atoms with Crippen LogP contribution in [0.4, 0.5) is 0 Å². The normalized spacial score (nSPS) is 36.2. The van der Waals surface area contributed by atoms with E-state index in [9.17, 15) is 4.79 Å². The molecule has 2 fully saturated rings. The van der Waals surface area contributed by atoms with E-state index in [4.69, 9.17) is 4.74 Å². The maximum Gasteiger partial charge on any atom is 0.308 e. The van der Waals surface area contributed by atoms with Crippen molar-refractivity contribution in [3.8, 4) is 0 Å². The molecule has 0 aromatic heterocycles. The summed E-state index contributed by atoms with van der Waals surface area (Å²) < 4.78 is 5.15. The summed E-state index contributed by atoms with van der Waals surface area (Å²) in [6, 6.07) is 1.26. The molecule has 122 valence electrons. The Morgan fingerprint density at radius 2 is 1.81 bits per heavy atom. The van der Waals surface area contributed by atoms with Crippen molar-refractivity contribution in [2.24, 2.45) is 17.3 Å². The average Bonchev–Trinajstić information content (AvgIpc) is 2.37. The van der Waals surface area contributed by atoms with Crippen molar-refractivity contribution in [1.82, 2.24) is 5.32 Å². The van der Waals surface area contributed by atoms with Gasteiger partial charge >= 0.3 is 5.97 Å². The topological polar surface area (TPSA) is 38.3 Å². The molecule has 0 amide bonds. The fraction of sp³-hybridized carbons (Fsp3) is 0.944. The van der Waals surface area contributed by atoms with E-state index < -0.39 is 0 Å². The Labute approximate surface area is 130 Å². The van der Waals surface area contributed by atoms with Crippen LogP contribution in [0.25, 0.3) is 0 Å². The van der Waals surface area contributed by atoms with Gasteiger partial charge in [0.05, 0.1) is 12.5 Å². The van der Waals surface area contributed by atoms with Gasteiger partial charge in [-0.25, -0.2) is 0 Å². The van der Waals surface area contributed by atoms with E-state index in [1.165, 1.54) is 19.3 Å². The van der Waals surface area contributed by atoms with Crippen LogP contribution in [-0.2, 0) is 9.53 Å². The first-order chi connectivity index (χ1) is 9.89. The molecule has 1 N–H and O–H groups in total. The van der Waals surface area contributed by atoms with Crippen LogP contribution in [-0.4, -0.2) is 24.7 Å². The summed E-state index contributed by atoms with van der Waals surface area (Å²) in [5.74, 6) is 0.982. The number of nitrogens with one attached hydrogen (secondary N) is 1. The van der Waals surface area contributed by atoms with E-state index in [0.29, 0.717) is 24.1 Å². The lowest BCUT2D eigenvalue weighted by Crippen LogP contribution is -2.46. The molecule has 2 aliphatic rings. The number of hydrogen-bond acceptors (Lipinski definition) is 3. The molecule has 0 radical (unpaired) electrons. The van der Waals surface area contributed by atoms with Gasteiger partial charge in [0.25, 0.3) is 0 Å². The number of carbonyl (C=O) groups excluding carboxylic acids is 1. The second kappa shape index (κ2) is 7.13. The average molecular weight is 295 g/mol. The van der Waals surface area contributed by atoms with Crippen molar-refractivity contribution < 1.29 is 9.53 Å². The summed E-state index contributed by atoms with van der Waals surface area (Å²) in [5.41, 5.74) is 0.470. The highest BCUT2D eigenvalue weighted by Gasteiger charge is 2.34. The maximum atomic E-state index is 11.8. The molecule has 0 aromatic rings. The number of ether oxygens (including phenoxy) is 1. The minimum atomic E-state index is 0.0170. The van der Waals surface area contributed by atoms with Crippen LogP contribution >= 0.6 is 0 Å². The minimum absolute atomic E-state index is 0.0170. The monoisotopic (exact) mass is 295 g/mol. The zero-order chi connectivity index (χ0) is 15.5. The lowest BCUT2D eigenvalue weighted by Gasteiger charge is -2.41. The number of esters is 1. The van der Waals surface area contributed by atoms with E-state index in [0.717, 1.165) is 31.6 Å². The van der Waals surface area contributed by atoms with E-state index >= 15 is 0 Å². The quantitative estimate of drug-likeness (QED) is 0.799. The second-order valence-electron chi connectivity index (χ2n) is 8.08. The van der Waals surface area contributed by atoms with Crippen LogP contribution in [0.5, 0.6) is 0 Å². The fourth-order valence-corrected chi connectivity index (χ4v) is 4.56. The molecule has 0 aliphatic heterocycles. The molecule has 2 unspecified atom stereocenters. The molecule has 0 aromatic carbocycles. The van der Waals surface area contributed by atoms with Gasteiger partial charge in [-0.1, -0.05) is 20.8 Å². The second-order valence-corrected chi connectivity index (χ2v) is 8.08. The Morgan fingerprint density at radius 1 is 1.14 bits per heavy atom. The van der Waals surface area contributed by atoms with Crippen molar-refractivity contribution >= 4 is 5.97 Å². The molecular formula is C18H33NO2. The van der Waals surface area contributed by atoms with E-state index in [1.54, 1.807) is 0 Å². The molecule has 2 saturated carbocycles. The first-order valence-electron chi connectivity index (χ1n) is 8.82.